The number of aromatic nitrogens is 2. The Morgan fingerprint density at radius 3 is 2.55 bits per heavy atom. The van der Waals surface area contributed by atoms with Crippen molar-refractivity contribution in [2.75, 3.05) is 13.1 Å². The molecule has 1 atom stereocenters. The number of carbonyl (C=O) groups excluding carboxylic acids is 1. The molecule has 5 rings (SSSR count). The summed E-state index contributed by atoms with van der Waals surface area (Å²) in [4.78, 5) is 17.8. The highest BCUT2D eigenvalue weighted by atomic mass is 79.9. The number of benzene rings is 2. The molecule has 162 valence electrons. The van der Waals surface area contributed by atoms with Gasteiger partial charge in [-0.3, -0.25) is 4.79 Å². The van der Waals surface area contributed by atoms with Crippen molar-refractivity contribution in [3.63, 3.8) is 0 Å². The Morgan fingerprint density at radius 1 is 1.19 bits per heavy atom. The van der Waals surface area contributed by atoms with Crippen LogP contribution in [0.3, 0.4) is 0 Å². The minimum absolute atomic E-state index is 0.114. The van der Waals surface area contributed by atoms with E-state index in [-0.39, 0.29) is 17.2 Å². The number of imidazole rings is 1. The number of Topliss-reactive ketones (excluding diaryl/α,β-unsaturated/α-hetero) is 1. The molecule has 2 aromatic carbocycles. The molecule has 0 unspecified atom stereocenters. The predicted molar refractivity (Wildman–Crippen MR) is 116 cm³/mol. The first kappa shape index (κ1) is 20.7. The van der Waals surface area contributed by atoms with Crippen molar-refractivity contribution >= 4 is 32.7 Å². The number of fused-ring (bicyclic) bond motifs is 1. The minimum atomic E-state index is -4.44. The zero-order valence-electron chi connectivity index (χ0n) is 16.7. The van der Waals surface area contributed by atoms with Crippen LogP contribution in [0.5, 0.6) is 0 Å². The molecule has 1 N–H and O–H groups in total. The third-order valence-corrected chi connectivity index (χ3v) is 6.88. The van der Waals surface area contributed by atoms with Gasteiger partial charge in [0.05, 0.1) is 22.0 Å². The number of alkyl halides is 3. The maximum atomic E-state index is 13.3. The summed E-state index contributed by atoms with van der Waals surface area (Å²) in [5.74, 6) is 0.965. The summed E-state index contributed by atoms with van der Waals surface area (Å²) in [6, 6.07) is 11.2. The van der Waals surface area contributed by atoms with Crippen LogP contribution in [0.15, 0.2) is 46.9 Å². The number of ketones is 1. The van der Waals surface area contributed by atoms with Crippen LogP contribution in [-0.2, 0) is 17.5 Å². The molecule has 2 aliphatic rings. The molecule has 4 nitrogen and oxygen atoms in total. The summed E-state index contributed by atoms with van der Waals surface area (Å²) in [7, 11) is 0. The molecule has 2 fully saturated rings. The van der Waals surface area contributed by atoms with Crippen LogP contribution < -0.4 is 5.32 Å². The lowest BCUT2D eigenvalue weighted by Gasteiger charge is -2.28. The van der Waals surface area contributed by atoms with Crippen molar-refractivity contribution in [3.8, 4) is 11.4 Å². The van der Waals surface area contributed by atoms with Gasteiger partial charge in [0.15, 0.2) is 0 Å². The number of nitrogens with zero attached hydrogens (tertiary/aromatic N) is 2. The van der Waals surface area contributed by atoms with E-state index in [9.17, 15) is 18.0 Å². The number of hydrogen-bond donors (Lipinski definition) is 1. The molecule has 1 aliphatic carbocycles. The normalized spacial score (nSPS) is 21.7. The Bertz CT molecular complexity index is 1140. The van der Waals surface area contributed by atoms with Crippen LogP contribution in [0.2, 0.25) is 0 Å². The van der Waals surface area contributed by atoms with Crippen molar-refractivity contribution in [2.45, 2.75) is 32.0 Å². The summed E-state index contributed by atoms with van der Waals surface area (Å²) in [5, 5.41) is 3.32. The first-order valence-corrected chi connectivity index (χ1v) is 11.1. The summed E-state index contributed by atoms with van der Waals surface area (Å²) in [6.07, 6.45) is -1.85. The van der Waals surface area contributed by atoms with Gasteiger partial charge in [-0.25, -0.2) is 4.98 Å². The Balaban J connectivity index is 1.66. The third kappa shape index (κ3) is 3.80. The molecule has 1 aromatic heterocycles. The number of carbonyl (C=O) groups is 1. The molecule has 1 saturated heterocycles. The fourth-order valence-electron chi connectivity index (χ4n) is 4.53. The van der Waals surface area contributed by atoms with Crippen molar-refractivity contribution in [3.05, 3.63) is 52.5 Å². The maximum absolute atomic E-state index is 13.3. The first-order chi connectivity index (χ1) is 14.8. The van der Waals surface area contributed by atoms with Crippen molar-refractivity contribution in [1.29, 1.82) is 0 Å². The van der Waals surface area contributed by atoms with E-state index in [0.29, 0.717) is 24.4 Å². The van der Waals surface area contributed by atoms with Gasteiger partial charge >= 0.3 is 6.18 Å². The van der Waals surface area contributed by atoms with Crippen molar-refractivity contribution < 1.29 is 18.0 Å². The van der Waals surface area contributed by atoms with Crippen LogP contribution in [0.1, 0.15) is 24.8 Å². The van der Waals surface area contributed by atoms with Crippen LogP contribution in [0.4, 0.5) is 13.2 Å². The topological polar surface area (TPSA) is 46.9 Å². The second-order valence-corrected chi connectivity index (χ2v) is 9.49. The van der Waals surface area contributed by atoms with Crippen LogP contribution >= 0.6 is 15.9 Å². The number of hydrogen-bond acceptors (Lipinski definition) is 3. The van der Waals surface area contributed by atoms with E-state index in [1.807, 2.05) is 28.8 Å². The van der Waals surface area contributed by atoms with E-state index in [1.54, 1.807) is 0 Å². The van der Waals surface area contributed by atoms with Gasteiger partial charge in [-0.05, 0) is 56.1 Å². The Labute approximate surface area is 186 Å². The standard InChI is InChI=1S/C23H21BrF3N3O/c24-17-6-3-15(4-7-17)21-29-18-11-16(23(25,26)27)5-8-19(18)30(21)13-22(9-10-28-12-22)20(31)14-1-2-14/h3-8,11,14,28H,1-2,9-10,12-13H2/t22-/m0/s1. The monoisotopic (exact) mass is 491 g/mol. The molecule has 3 aromatic rings. The van der Waals surface area contributed by atoms with Gasteiger partial charge in [-0.15, -0.1) is 0 Å². The Morgan fingerprint density at radius 2 is 1.94 bits per heavy atom. The van der Waals surface area contributed by atoms with Gasteiger partial charge in [0.25, 0.3) is 0 Å². The van der Waals surface area contributed by atoms with E-state index < -0.39 is 17.2 Å². The van der Waals surface area contributed by atoms with E-state index in [2.05, 4.69) is 26.2 Å². The second kappa shape index (κ2) is 7.45. The second-order valence-electron chi connectivity index (χ2n) is 8.58. The smallest absolute Gasteiger partial charge is 0.323 e. The molecule has 8 heteroatoms. The lowest BCUT2D eigenvalue weighted by Crippen LogP contribution is -2.39. The average Bonchev–Trinajstić information content (AvgIpc) is 3.38. The fourth-order valence-corrected chi connectivity index (χ4v) is 4.80. The fraction of sp³-hybridized carbons (Fsp3) is 0.391. The summed E-state index contributed by atoms with van der Waals surface area (Å²) in [6.45, 7) is 1.75. The number of halogens is 4. The largest absolute Gasteiger partial charge is 0.416 e. The maximum Gasteiger partial charge on any atom is 0.416 e. The average molecular weight is 492 g/mol. The molecular weight excluding hydrogens is 471 g/mol. The molecule has 0 spiro atoms. The van der Waals surface area contributed by atoms with Gasteiger partial charge in [0.2, 0.25) is 0 Å². The van der Waals surface area contributed by atoms with Crippen LogP contribution in [0, 0.1) is 11.3 Å². The lowest BCUT2D eigenvalue weighted by atomic mass is 9.80. The first-order valence-electron chi connectivity index (χ1n) is 10.4. The Hall–Kier alpha value is -2.19. The zero-order valence-corrected chi connectivity index (χ0v) is 18.3. The SMILES string of the molecule is O=C(C1CC1)[C@@]1(Cn2c(-c3ccc(Br)cc3)nc3cc(C(F)(F)F)ccc32)CCNC1. The number of nitrogens with one attached hydrogen (secondary N) is 1. The molecule has 2 heterocycles. The van der Waals surface area contributed by atoms with Crippen molar-refractivity contribution in [2.24, 2.45) is 11.3 Å². The molecule has 1 aliphatic heterocycles. The highest BCUT2D eigenvalue weighted by molar-refractivity contribution is 9.10. The van der Waals surface area contributed by atoms with Crippen molar-refractivity contribution in [1.82, 2.24) is 14.9 Å². The summed E-state index contributed by atoms with van der Waals surface area (Å²) in [5.41, 5.74) is 0.418. The van der Waals surface area contributed by atoms with E-state index >= 15 is 0 Å². The van der Waals surface area contributed by atoms with E-state index in [1.165, 1.54) is 6.07 Å². The quantitative estimate of drug-likeness (QED) is 0.516. The predicted octanol–water partition coefficient (Wildman–Crippen LogP) is 5.44. The van der Waals surface area contributed by atoms with Gasteiger partial charge in [0, 0.05) is 29.0 Å². The van der Waals surface area contributed by atoms with Gasteiger partial charge in [0.1, 0.15) is 11.6 Å². The molecule has 0 bridgehead atoms. The molecule has 1 saturated carbocycles. The summed E-state index contributed by atoms with van der Waals surface area (Å²) < 4.78 is 42.7. The van der Waals surface area contributed by atoms with Gasteiger partial charge in [-0.1, -0.05) is 28.1 Å². The van der Waals surface area contributed by atoms with Crippen LogP contribution in [0.25, 0.3) is 22.4 Å². The van der Waals surface area contributed by atoms with Crippen LogP contribution in [-0.4, -0.2) is 28.4 Å². The molecule has 31 heavy (non-hydrogen) atoms. The third-order valence-electron chi connectivity index (χ3n) is 6.35. The molecule has 0 amide bonds. The van der Waals surface area contributed by atoms with Gasteiger partial charge < -0.3 is 9.88 Å². The highest BCUT2D eigenvalue weighted by Gasteiger charge is 2.48. The molecule has 0 radical (unpaired) electrons. The minimum Gasteiger partial charge on any atom is -0.323 e. The lowest BCUT2D eigenvalue weighted by molar-refractivity contribution is -0.137. The Kier molecular flexibility index (Phi) is 4.97. The highest BCUT2D eigenvalue weighted by Crippen LogP contribution is 2.43. The van der Waals surface area contributed by atoms with E-state index in [4.69, 9.17) is 0 Å². The number of rotatable bonds is 5. The summed E-state index contributed by atoms with van der Waals surface area (Å²) >= 11 is 3.42. The molecular formula is C23H21BrF3N3O. The van der Waals surface area contributed by atoms with E-state index in [0.717, 1.165) is 48.0 Å². The zero-order chi connectivity index (χ0) is 21.8. The van der Waals surface area contributed by atoms with Gasteiger partial charge in [-0.2, -0.15) is 13.2 Å².